The third kappa shape index (κ3) is 11.1. The van der Waals surface area contributed by atoms with Gasteiger partial charge in [-0.1, -0.05) is 101 Å². The summed E-state index contributed by atoms with van der Waals surface area (Å²) in [5.41, 5.74) is 1.78. The summed E-state index contributed by atoms with van der Waals surface area (Å²) in [5, 5.41) is 2.74. The molecule has 0 fully saturated rings. The Labute approximate surface area is 160 Å². The molecule has 0 heterocycles. The molecule has 1 N–H and O–H groups in total. The molecule has 0 unspecified atom stereocenters. The van der Waals surface area contributed by atoms with Gasteiger partial charge < -0.3 is 5.32 Å². The van der Waals surface area contributed by atoms with E-state index in [2.05, 4.69) is 12.2 Å². The van der Waals surface area contributed by atoms with Gasteiger partial charge in [-0.05, 0) is 13.3 Å². The van der Waals surface area contributed by atoms with Crippen molar-refractivity contribution in [3.05, 3.63) is 35.4 Å². The number of ketones is 1. The van der Waals surface area contributed by atoms with Crippen molar-refractivity contribution in [1.29, 1.82) is 0 Å². The molecule has 26 heavy (non-hydrogen) atoms. The Kier molecular flexibility index (Phi) is 12.5. The van der Waals surface area contributed by atoms with Crippen LogP contribution in [0.3, 0.4) is 0 Å². The molecular formula is C23H37NO2. The van der Waals surface area contributed by atoms with Crippen molar-refractivity contribution in [2.24, 2.45) is 0 Å². The molecule has 0 aliphatic rings. The maximum atomic E-state index is 12.0. The molecule has 0 aliphatic heterocycles. The molecular weight excluding hydrogens is 322 g/mol. The number of aryl methyl sites for hydroxylation is 1. The Morgan fingerprint density at radius 2 is 1.27 bits per heavy atom. The van der Waals surface area contributed by atoms with Gasteiger partial charge in [0.25, 0.3) is 0 Å². The van der Waals surface area contributed by atoms with Crippen molar-refractivity contribution in [2.45, 2.75) is 90.9 Å². The van der Waals surface area contributed by atoms with Gasteiger partial charge >= 0.3 is 0 Å². The number of carbonyl (C=O) groups is 2. The summed E-state index contributed by atoms with van der Waals surface area (Å²) in [4.78, 5) is 23.8. The molecule has 1 aromatic rings. The Hall–Kier alpha value is -1.64. The number of hydrogen-bond acceptors (Lipinski definition) is 2. The van der Waals surface area contributed by atoms with E-state index in [-0.39, 0.29) is 18.2 Å². The molecule has 1 aromatic carbocycles. The topological polar surface area (TPSA) is 46.2 Å². The van der Waals surface area contributed by atoms with E-state index in [1.165, 1.54) is 57.8 Å². The number of hydrogen-bond donors (Lipinski definition) is 1. The van der Waals surface area contributed by atoms with Gasteiger partial charge in [0.1, 0.15) is 0 Å². The molecule has 1 rings (SSSR count). The Morgan fingerprint density at radius 1 is 0.769 bits per heavy atom. The Bertz CT molecular complexity index is 507. The highest BCUT2D eigenvalue weighted by Gasteiger charge is 2.07. The molecule has 0 saturated heterocycles. The molecule has 0 aliphatic carbocycles. The fraction of sp³-hybridized carbons (Fsp3) is 0.652. The smallest absolute Gasteiger partial charge is 0.220 e. The fourth-order valence-electron chi connectivity index (χ4n) is 3.06. The predicted octanol–water partition coefficient (Wildman–Crippen LogP) is 6.00. The van der Waals surface area contributed by atoms with Gasteiger partial charge in [-0.2, -0.15) is 0 Å². The van der Waals surface area contributed by atoms with Gasteiger partial charge in [0.05, 0.1) is 6.54 Å². The van der Waals surface area contributed by atoms with Gasteiger partial charge in [-0.15, -0.1) is 0 Å². The van der Waals surface area contributed by atoms with E-state index in [9.17, 15) is 9.59 Å². The van der Waals surface area contributed by atoms with E-state index >= 15 is 0 Å². The molecule has 3 nitrogen and oxygen atoms in total. The predicted molar refractivity (Wildman–Crippen MR) is 110 cm³/mol. The minimum atomic E-state index is -0.0303. The number of nitrogens with one attached hydrogen (secondary N) is 1. The first-order valence-electron chi connectivity index (χ1n) is 10.5. The van der Waals surface area contributed by atoms with Crippen LogP contribution in [0.4, 0.5) is 0 Å². The van der Waals surface area contributed by atoms with Crippen molar-refractivity contribution >= 4 is 11.7 Å². The number of rotatable bonds is 15. The first kappa shape index (κ1) is 22.4. The number of unbranched alkanes of at least 4 members (excludes halogenated alkanes) is 10. The second-order valence-corrected chi connectivity index (χ2v) is 7.35. The summed E-state index contributed by atoms with van der Waals surface area (Å²) in [6.45, 7) is 4.34. The lowest BCUT2D eigenvalue weighted by Gasteiger charge is -2.05. The van der Waals surface area contributed by atoms with Crippen LogP contribution in [0.25, 0.3) is 0 Å². The van der Waals surface area contributed by atoms with Crippen molar-refractivity contribution in [3.8, 4) is 0 Å². The highest BCUT2D eigenvalue weighted by Crippen LogP contribution is 2.12. The lowest BCUT2D eigenvalue weighted by molar-refractivity contribution is -0.121. The first-order valence-corrected chi connectivity index (χ1v) is 10.5. The summed E-state index contributed by atoms with van der Waals surface area (Å²) < 4.78 is 0. The summed E-state index contributed by atoms with van der Waals surface area (Å²) in [6, 6.07) is 7.46. The highest BCUT2D eigenvalue weighted by atomic mass is 16.2. The number of benzene rings is 1. The van der Waals surface area contributed by atoms with Crippen LogP contribution in [0.1, 0.15) is 99.9 Å². The van der Waals surface area contributed by atoms with Crippen LogP contribution >= 0.6 is 0 Å². The molecule has 1 amide bonds. The minimum Gasteiger partial charge on any atom is -0.349 e. The van der Waals surface area contributed by atoms with Crippen molar-refractivity contribution < 1.29 is 9.59 Å². The van der Waals surface area contributed by atoms with E-state index in [0.717, 1.165) is 18.4 Å². The van der Waals surface area contributed by atoms with Crippen LogP contribution in [0.5, 0.6) is 0 Å². The monoisotopic (exact) mass is 359 g/mol. The molecule has 0 saturated carbocycles. The second kappa shape index (κ2) is 14.5. The van der Waals surface area contributed by atoms with Crippen LogP contribution in [-0.4, -0.2) is 18.2 Å². The van der Waals surface area contributed by atoms with Gasteiger partial charge in [0.2, 0.25) is 5.91 Å². The molecule has 0 bridgehead atoms. The molecule has 0 radical (unpaired) electrons. The zero-order valence-electron chi connectivity index (χ0n) is 16.8. The van der Waals surface area contributed by atoms with Crippen LogP contribution in [0.15, 0.2) is 24.3 Å². The summed E-state index contributed by atoms with van der Waals surface area (Å²) >= 11 is 0. The average Bonchev–Trinajstić information content (AvgIpc) is 2.64. The Morgan fingerprint density at radius 3 is 1.81 bits per heavy atom. The lowest BCUT2D eigenvalue weighted by Crippen LogP contribution is -2.29. The van der Waals surface area contributed by atoms with Crippen LogP contribution in [0.2, 0.25) is 0 Å². The standard InChI is InChI=1S/C23H37NO2/c1-3-4-5-6-7-8-9-10-11-12-13-14-23(26)24-19-22(25)21-17-15-20(2)16-18-21/h15-18H,3-14,19H2,1-2H3,(H,24,26). The van der Waals surface area contributed by atoms with Crippen molar-refractivity contribution in [3.63, 3.8) is 0 Å². The van der Waals surface area contributed by atoms with E-state index in [4.69, 9.17) is 0 Å². The highest BCUT2D eigenvalue weighted by molar-refractivity contribution is 5.99. The van der Waals surface area contributed by atoms with E-state index in [1.54, 1.807) is 0 Å². The van der Waals surface area contributed by atoms with E-state index < -0.39 is 0 Å². The van der Waals surface area contributed by atoms with Gasteiger partial charge in [-0.3, -0.25) is 9.59 Å². The number of amides is 1. The van der Waals surface area contributed by atoms with E-state index in [0.29, 0.717) is 12.0 Å². The summed E-state index contributed by atoms with van der Waals surface area (Å²) in [7, 11) is 0. The molecule has 0 aromatic heterocycles. The lowest BCUT2D eigenvalue weighted by atomic mass is 10.1. The van der Waals surface area contributed by atoms with Gasteiger partial charge in [0, 0.05) is 12.0 Å². The SMILES string of the molecule is CCCCCCCCCCCCCC(=O)NCC(=O)c1ccc(C)cc1. The third-order valence-electron chi connectivity index (χ3n) is 4.83. The van der Waals surface area contributed by atoms with Crippen LogP contribution in [0, 0.1) is 6.92 Å². The van der Waals surface area contributed by atoms with Crippen molar-refractivity contribution in [2.75, 3.05) is 6.54 Å². The molecule has 146 valence electrons. The Balaban J connectivity index is 1.95. The number of carbonyl (C=O) groups excluding carboxylic acids is 2. The largest absolute Gasteiger partial charge is 0.349 e. The molecule has 0 atom stereocenters. The average molecular weight is 360 g/mol. The summed E-state index contributed by atoms with van der Waals surface area (Å²) in [5.74, 6) is -0.0429. The maximum Gasteiger partial charge on any atom is 0.220 e. The third-order valence-corrected chi connectivity index (χ3v) is 4.83. The van der Waals surface area contributed by atoms with Crippen LogP contribution in [-0.2, 0) is 4.79 Å². The molecule has 0 spiro atoms. The fourth-order valence-corrected chi connectivity index (χ4v) is 3.06. The summed E-state index contributed by atoms with van der Waals surface area (Å²) in [6.07, 6.45) is 14.5. The minimum absolute atomic E-state index is 0.0126. The van der Waals surface area contributed by atoms with Crippen molar-refractivity contribution in [1.82, 2.24) is 5.32 Å². The van der Waals surface area contributed by atoms with Gasteiger partial charge in [0.15, 0.2) is 5.78 Å². The van der Waals surface area contributed by atoms with Crippen LogP contribution < -0.4 is 5.32 Å². The van der Waals surface area contributed by atoms with Gasteiger partial charge in [-0.25, -0.2) is 0 Å². The zero-order valence-corrected chi connectivity index (χ0v) is 16.8. The number of Topliss-reactive ketones (excluding diaryl/α,β-unsaturated/α-hetero) is 1. The molecule has 3 heteroatoms. The zero-order chi connectivity index (χ0) is 19.0. The first-order chi connectivity index (χ1) is 12.6. The maximum absolute atomic E-state index is 12.0. The van der Waals surface area contributed by atoms with E-state index in [1.807, 2.05) is 31.2 Å². The quantitative estimate of drug-likeness (QED) is 0.308. The second-order valence-electron chi connectivity index (χ2n) is 7.35. The normalized spacial score (nSPS) is 10.7.